The lowest BCUT2D eigenvalue weighted by molar-refractivity contribution is -0.307. The summed E-state index contributed by atoms with van der Waals surface area (Å²) in [5.41, 5.74) is -0.00575. The summed E-state index contributed by atoms with van der Waals surface area (Å²) in [5.74, 6) is -0.480. The van der Waals surface area contributed by atoms with E-state index >= 15 is 0 Å². The minimum absolute atomic E-state index is 0.00575. The van der Waals surface area contributed by atoms with Gasteiger partial charge in [0.05, 0.1) is 27.4 Å². The van der Waals surface area contributed by atoms with Crippen LogP contribution in [0.2, 0.25) is 0 Å². The quantitative estimate of drug-likeness (QED) is 0.220. The average Bonchev–Trinajstić information content (AvgIpc) is 2.82. The van der Waals surface area contributed by atoms with Crippen LogP contribution in [0.3, 0.4) is 0 Å². The van der Waals surface area contributed by atoms with Crippen LogP contribution in [0.4, 0.5) is 0 Å². The van der Waals surface area contributed by atoms with E-state index in [4.69, 9.17) is 28.4 Å². The lowest BCUT2D eigenvalue weighted by atomic mass is 9.99. The number of aliphatic hydroxyl groups is 6. The van der Waals surface area contributed by atoms with Gasteiger partial charge in [-0.25, -0.2) is 4.79 Å². The maximum Gasteiger partial charge on any atom is 0.341 e. The van der Waals surface area contributed by atoms with Crippen LogP contribution in [0, 0.1) is 0 Å². The second-order valence-corrected chi connectivity index (χ2v) is 7.57. The molecule has 2 fully saturated rings. The summed E-state index contributed by atoms with van der Waals surface area (Å²) in [6.45, 7) is -0.743. The third kappa shape index (κ3) is 5.54. The molecule has 3 rings (SSSR count). The molecule has 0 aliphatic carbocycles. The van der Waals surface area contributed by atoms with Gasteiger partial charge in [-0.2, -0.15) is 0 Å². The first-order valence-corrected chi connectivity index (χ1v) is 10.1. The van der Waals surface area contributed by atoms with Crippen LogP contribution < -0.4 is 9.47 Å². The number of benzene rings is 1. The third-order valence-corrected chi connectivity index (χ3v) is 5.38. The zero-order valence-electron chi connectivity index (χ0n) is 17.9. The first kappa shape index (κ1) is 25.6. The van der Waals surface area contributed by atoms with Crippen molar-refractivity contribution in [1.29, 1.82) is 0 Å². The molecule has 0 saturated carbocycles. The standard InChI is InChI=1S/C20H28O13/c1-28-8-3-4-9(18(27)29-2)11(5-8)32-20-17(26)15(24)14(23)12(33-20)7-31-19-16(25)13(22)10(21)6-30-19/h3-5,10,12-17,19-26H,6-7H2,1-2H3. The van der Waals surface area contributed by atoms with Gasteiger partial charge in [-0.3, -0.25) is 0 Å². The molecular weight excluding hydrogens is 448 g/mol. The van der Waals surface area contributed by atoms with Crippen LogP contribution in [-0.4, -0.2) is 119 Å². The summed E-state index contributed by atoms with van der Waals surface area (Å²) in [6.07, 6.45) is -13.6. The number of ether oxygens (including phenoxy) is 6. The maximum atomic E-state index is 12.1. The lowest BCUT2D eigenvalue weighted by Crippen LogP contribution is -2.61. The third-order valence-electron chi connectivity index (χ3n) is 5.38. The largest absolute Gasteiger partial charge is 0.497 e. The Morgan fingerprint density at radius 3 is 2.33 bits per heavy atom. The fourth-order valence-corrected chi connectivity index (χ4v) is 3.40. The van der Waals surface area contributed by atoms with Gasteiger partial charge in [-0.15, -0.1) is 0 Å². The van der Waals surface area contributed by atoms with Crippen LogP contribution >= 0.6 is 0 Å². The number of aliphatic hydroxyl groups excluding tert-OH is 6. The van der Waals surface area contributed by atoms with Crippen molar-refractivity contribution in [3.63, 3.8) is 0 Å². The Balaban J connectivity index is 1.73. The fourth-order valence-electron chi connectivity index (χ4n) is 3.40. The van der Waals surface area contributed by atoms with Crippen molar-refractivity contribution in [2.24, 2.45) is 0 Å². The Hall–Kier alpha value is -2.07. The van der Waals surface area contributed by atoms with Gasteiger partial charge in [-0.05, 0) is 12.1 Å². The molecular formula is C20H28O13. The van der Waals surface area contributed by atoms with E-state index < -0.39 is 67.9 Å². The Morgan fingerprint density at radius 1 is 0.970 bits per heavy atom. The molecule has 33 heavy (non-hydrogen) atoms. The van der Waals surface area contributed by atoms with Gasteiger partial charge in [0, 0.05) is 6.07 Å². The van der Waals surface area contributed by atoms with Crippen LogP contribution in [0.1, 0.15) is 10.4 Å². The molecule has 9 unspecified atom stereocenters. The minimum atomic E-state index is -1.71. The number of rotatable bonds is 7. The van der Waals surface area contributed by atoms with E-state index in [2.05, 4.69) is 0 Å². The minimum Gasteiger partial charge on any atom is -0.497 e. The molecule has 6 N–H and O–H groups in total. The van der Waals surface area contributed by atoms with Gasteiger partial charge < -0.3 is 59.1 Å². The molecule has 0 bridgehead atoms. The number of esters is 1. The molecule has 2 saturated heterocycles. The molecule has 0 amide bonds. The zero-order valence-corrected chi connectivity index (χ0v) is 17.9. The number of hydrogen-bond acceptors (Lipinski definition) is 13. The van der Waals surface area contributed by atoms with Crippen molar-refractivity contribution in [1.82, 2.24) is 0 Å². The van der Waals surface area contributed by atoms with Crippen molar-refractivity contribution in [2.75, 3.05) is 27.4 Å². The monoisotopic (exact) mass is 476 g/mol. The van der Waals surface area contributed by atoms with Crippen molar-refractivity contribution in [3.05, 3.63) is 23.8 Å². The average molecular weight is 476 g/mol. The highest BCUT2D eigenvalue weighted by Gasteiger charge is 2.46. The van der Waals surface area contributed by atoms with E-state index in [9.17, 15) is 35.4 Å². The normalized spacial score (nSPS) is 36.8. The molecule has 0 spiro atoms. The Kier molecular flexibility index (Phi) is 8.44. The van der Waals surface area contributed by atoms with Gasteiger partial charge in [-0.1, -0.05) is 0 Å². The molecule has 1 aromatic carbocycles. The molecule has 0 aromatic heterocycles. The van der Waals surface area contributed by atoms with Crippen LogP contribution in [0.5, 0.6) is 11.5 Å². The van der Waals surface area contributed by atoms with Crippen LogP contribution in [-0.2, 0) is 18.9 Å². The Labute approximate surface area is 188 Å². The summed E-state index contributed by atoms with van der Waals surface area (Å²) in [4.78, 5) is 12.1. The van der Waals surface area contributed by atoms with E-state index in [1.807, 2.05) is 0 Å². The highest BCUT2D eigenvalue weighted by atomic mass is 16.7. The highest BCUT2D eigenvalue weighted by Crippen LogP contribution is 2.30. The van der Waals surface area contributed by atoms with Crippen molar-refractivity contribution >= 4 is 5.97 Å². The SMILES string of the molecule is COC(=O)c1ccc(OC)cc1OC1OC(COC2OCC(O)C(O)C2O)C(O)C(O)C1O. The molecule has 186 valence electrons. The van der Waals surface area contributed by atoms with E-state index in [0.29, 0.717) is 5.75 Å². The number of hydrogen-bond donors (Lipinski definition) is 6. The molecule has 0 radical (unpaired) electrons. The summed E-state index contributed by atoms with van der Waals surface area (Å²) in [5, 5.41) is 60.1. The van der Waals surface area contributed by atoms with Crippen LogP contribution in [0.15, 0.2) is 18.2 Å². The maximum absolute atomic E-state index is 12.1. The van der Waals surface area contributed by atoms with Crippen molar-refractivity contribution in [3.8, 4) is 11.5 Å². The predicted octanol–water partition coefficient (Wildman–Crippen LogP) is -2.88. The molecule has 13 nitrogen and oxygen atoms in total. The topological polar surface area (TPSA) is 194 Å². The number of carbonyl (C=O) groups is 1. The van der Waals surface area contributed by atoms with E-state index in [0.717, 1.165) is 0 Å². The Bertz CT molecular complexity index is 804. The van der Waals surface area contributed by atoms with E-state index in [1.165, 1.54) is 32.4 Å². The molecule has 9 atom stereocenters. The first-order valence-electron chi connectivity index (χ1n) is 10.1. The molecule has 13 heteroatoms. The zero-order chi connectivity index (χ0) is 24.3. The van der Waals surface area contributed by atoms with E-state index in [1.54, 1.807) is 0 Å². The number of carbonyl (C=O) groups excluding carboxylic acids is 1. The highest BCUT2D eigenvalue weighted by molar-refractivity contribution is 5.92. The van der Waals surface area contributed by atoms with Crippen LogP contribution in [0.25, 0.3) is 0 Å². The second kappa shape index (κ2) is 10.9. The Morgan fingerprint density at radius 2 is 1.67 bits per heavy atom. The molecule has 2 aliphatic heterocycles. The predicted molar refractivity (Wildman–Crippen MR) is 105 cm³/mol. The summed E-state index contributed by atoms with van der Waals surface area (Å²) < 4.78 is 31.5. The van der Waals surface area contributed by atoms with Gasteiger partial charge >= 0.3 is 5.97 Å². The molecule has 1 aromatic rings. The van der Waals surface area contributed by atoms with Gasteiger partial charge in [0.1, 0.15) is 59.8 Å². The summed E-state index contributed by atoms with van der Waals surface area (Å²) >= 11 is 0. The van der Waals surface area contributed by atoms with Gasteiger partial charge in [0.15, 0.2) is 6.29 Å². The van der Waals surface area contributed by atoms with Crippen molar-refractivity contribution < 1.29 is 63.9 Å². The first-order chi connectivity index (χ1) is 15.7. The number of methoxy groups -OCH3 is 2. The smallest absolute Gasteiger partial charge is 0.341 e. The van der Waals surface area contributed by atoms with Gasteiger partial charge in [0.25, 0.3) is 0 Å². The molecule has 2 heterocycles. The summed E-state index contributed by atoms with van der Waals surface area (Å²) in [7, 11) is 2.57. The van der Waals surface area contributed by atoms with Gasteiger partial charge in [0.2, 0.25) is 6.29 Å². The second-order valence-electron chi connectivity index (χ2n) is 7.57. The fraction of sp³-hybridized carbons (Fsp3) is 0.650. The van der Waals surface area contributed by atoms with Crippen molar-refractivity contribution in [2.45, 2.75) is 55.3 Å². The lowest BCUT2D eigenvalue weighted by Gasteiger charge is -2.41. The summed E-state index contributed by atoms with van der Waals surface area (Å²) in [6, 6.07) is 4.22. The van der Waals surface area contributed by atoms with E-state index in [-0.39, 0.29) is 17.9 Å². The molecule has 2 aliphatic rings.